The fourth-order valence-electron chi connectivity index (χ4n) is 2.69. The molecule has 0 radical (unpaired) electrons. The Balaban J connectivity index is 2.30. The van der Waals surface area contributed by atoms with E-state index in [1.165, 1.54) is 6.07 Å². The predicted molar refractivity (Wildman–Crippen MR) is 74.4 cm³/mol. The minimum absolute atomic E-state index is 0.0706. The number of rotatable bonds is 3. The van der Waals surface area contributed by atoms with Crippen molar-refractivity contribution in [1.82, 2.24) is 0 Å². The molecule has 1 atom stereocenters. The molecule has 0 saturated heterocycles. The van der Waals surface area contributed by atoms with Crippen molar-refractivity contribution in [3.05, 3.63) is 23.5 Å². The summed E-state index contributed by atoms with van der Waals surface area (Å²) in [4.78, 5) is 11.2. The Bertz CT molecular complexity index is 514. The monoisotopic (exact) mass is 265 g/mol. The third-order valence-electron chi connectivity index (χ3n) is 3.99. The Hall–Kier alpha value is -1.78. The van der Waals surface area contributed by atoms with E-state index in [0.29, 0.717) is 5.69 Å². The maximum atomic E-state index is 13.9. The van der Waals surface area contributed by atoms with Crippen molar-refractivity contribution in [2.24, 2.45) is 11.1 Å². The molecule has 104 valence electrons. The summed E-state index contributed by atoms with van der Waals surface area (Å²) >= 11 is 0. The lowest BCUT2D eigenvalue weighted by molar-refractivity contribution is 0.100. The van der Waals surface area contributed by atoms with Crippen molar-refractivity contribution in [3.63, 3.8) is 0 Å². The van der Waals surface area contributed by atoms with Crippen molar-refractivity contribution < 1.29 is 9.18 Å². The zero-order valence-corrected chi connectivity index (χ0v) is 11.3. The van der Waals surface area contributed by atoms with Gasteiger partial charge in [0.1, 0.15) is 5.82 Å². The second kappa shape index (κ2) is 4.72. The van der Waals surface area contributed by atoms with Crippen molar-refractivity contribution in [2.75, 3.05) is 11.1 Å². The van der Waals surface area contributed by atoms with Crippen LogP contribution in [0.3, 0.4) is 0 Å². The van der Waals surface area contributed by atoms with Crippen LogP contribution in [0.2, 0.25) is 0 Å². The van der Waals surface area contributed by atoms with Gasteiger partial charge in [0.2, 0.25) is 0 Å². The Labute approximate surface area is 112 Å². The van der Waals surface area contributed by atoms with Gasteiger partial charge in [0, 0.05) is 11.7 Å². The number of carbonyl (C=O) groups excluding carboxylic acids is 1. The Morgan fingerprint density at radius 2 is 2.16 bits per heavy atom. The number of carbonyl (C=O) groups is 1. The van der Waals surface area contributed by atoms with Crippen molar-refractivity contribution in [1.29, 1.82) is 0 Å². The second-order valence-corrected chi connectivity index (χ2v) is 5.86. The summed E-state index contributed by atoms with van der Waals surface area (Å²) in [5, 5.41) is 3.18. The molecule has 1 saturated carbocycles. The van der Waals surface area contributed by atoms with Crippen LogP contribution in [0.4, 0.5) is 15.8 Å². The Morgan fingerprint density at radius 3 is 2.68 bits per heavy atom. The zero-order valence-electron chi connectivity index (χ0n) is 11.3. The molecule has 4 nitrogen and oxygen atoms in total. The third-order valence-corrected chi connectivity index (χ3v) is 3.99. The molecule has 5 N–H and O–H groups in total. The third kappa shape index (κ3) is 2.64. The van der Waals surface area contributed by atoms with Gasteiger partial charge in [0.15, 0.2) is 0 Å². The normalized spacial score (nSPS) is 21.3. The highest BCUT2D eigenvalue weighted by atomic mass is 19.1. The zero-order chi connectivity index (χ0) is 14.2. The molecule has 1 fully saturated rings. The van der Waals surface area contributed by atoms with Crippen LogP contribution >= 0.6 is 0 Å². The number of anilines is 2. The molecule has 5 heteroatoms. The average Bonchev–Trinajstić information content (AvgIpc) is 2.61. The molecule has 2 rings (SSSR count). The molecule has 0 aliphatic heterocycles. The van der Waals surface area contributed by atoms with Gasteiger partial charge in [-0.25, -0.2) is 4.39 Å². The first kappa shape index (κ1) is 13.6. The first-order valence-corrected chi connectivity index (χ1v) is 6.46. The fourth-order valence-corrected chi connectivity index (χ4v) is 2.69. The summed E-state index contributed by atoms with van der Waals surface area (Å²) in [6.07, 6.45) is 3.20. The van der Waals surface area contributed by atoms with Crippen LogP contribution in [0.15, 0.2) is 12.1 Å². The standard InChI is InChI=1S/C14H20FN3O/c1-14(2)5-3-4-12(14)18-11-6-8(13(17)19)10(16)7-9(11)15/h6-7,12,18H,3-5,16H2,1-2H3,(H2,17,19). The topological polar surface area (TPSA) is 81.1 Å². The van der Waals surface area contributed by atoms with Crippen molar-refractivity contribution in [2.45, 2.75) is 39.2 Å². The molecular formula is C14H20FN3O. The quantitative estimate of drug-likeness (QED) is 0.734. The van der Waals surface area contributed by atoms with E-state index >= 15 is 0 Å². The van der Waals surface area contributed by atoms with Crippen LogP contribution in [0, 0.1) is 11.2 Å². The SMILES string of the molecule is CC1(C)CCCC1Nc1cc(C(N)=O)c(N)cc1F. The minimum atomic E-state index is -0.647. The number of hydrogen-bond acceptors (Lipinski definition) is 3. The van der Waals surface area contributed by atoms with E-state index in [1.807, 2.05) is 0 Å². The number of benzene rings is 1. The number of halogens is 1. The number of nitrogens with one attached hydrogen (secondary N) is 1. The van der Waals surface area contributed by atoms with Gasteiger partial charge in [0.05, 0.1) is 11.3 Å². The summed E-state index contributed by atoms with van der Waals surface area (Å²) in [5.41, 5.74) is 11.4. The summed E-state index contributed by atoms with van der Waals surface area (Å²) < 4.78 is 13.9. The first-order valence-electron chi connectivity index (χ1n) is 6.46. The van der Waals surface area contributed by atoms with Gasteiger partial charge in [-0.3, -0.25) is 4.79 Å². The Kier molecular flexibility index (Phi) is 3.39. The molecule has 19 heavy (non-hydrogen) atoms. The molecule has 1 unspecified atom stereocenters. The molecule has 0 heterocycles. The lowest BCUT2D eigenvalue weighted by atomic mass is 9.87. The van der Waals surface area contributed by atoms with Gasteiger partial charge in [-0.15, -0.1) is 0 Å². The average molecular weight is 265 g/mol. The largest absolute Gasteiger partial charge is 0.398 e. The molecule has 1 amide bonds. The molecule has 0 aromatic heterocycles. The summed E-state index contributed by atoms with van der Waals surface area (Å²) in [6, 6.07) is 2.73. The molecule has 0 bridgehead atoms. The maximum Gasteiger partial charge on any atom is 0.250 e. The van der Waals surface area contributed by atoms with E-state index in [2.05, 4.69) is 19.2 Å². The molecule has 1 aromatic carbocycles. The number of amides is 1. The molecule has 1 aromatic rings. The van der Waals surface area contributed by atoms with E-state index in [9.17, 15) is 9.18 Å². The molecule has 1 aliphatic rings. The predicted octanol–water partition coefficient (Wildman–Crippen LogP) is 2.50. The van der Waals surface area contributed by atoms with E-state index in [4.69, 9.17) is 11.5 Å². The first-order chi connectivity index (χ1) is 8.81. The second-order valence-electron chi connectivity index (χ2n) is 5.86. The summed E-state index contributed by atoms with van der Waals surface area (Å²) in [6.45, 7) is 4.31. The Morgan fingerprint density at radius 1 is 1.47 bits per heavy atom. The number of nitrogen functional groups attached to an aromatic ring is 1. The van der Waals surface area contributed by atoms with Crippen LogP contribution in [-0.2, 0) is 0 Å². The van der Waals surface area contributed by atoms with Gasteiger partial charge in [0.25, 0.3) is 5.91 Å². The minimum Gasteiger partial charge on any atom is -0.398 e. The highest BCUT2D eigenvalue weighted by molar-refractivity contribution is 5.99. The van der Waals surface area contributed by atoms with Gasteiger partial charge in [-0.1, -0.05) is 20.3 Å². The molecule has 0 spiro atoms. The van der Waals surface area contributed by atoms with Crippen molar-refractivity contribution in [3.8, 4) is 0 Å². The number of nitrogens with two attached hydrogens (primary N) is 2. The molecular weight excluding hydrogens is 245 g/mol. The number of hydrogen-bond donors (Lipinski definition) is 3. The van der Waals surface area contributed by atoms with E-state index in [-0.39, 0.29) is 22.7 Å². The lowest BCUT2D eigenvalue weighted by Gasteiger charge is -2.29. The summed E-state index contributed by atoms with van der Waals surface area (Å²) in [7, 11) is 0. The maximum absolute atomic E-state index is 13.9. The highest BCUT2D eigenvalue weighted by Crippen LogP contribution is 2.39. The lowest BCUT2D eigenvalue weighted by Crippen LogP contribution is -2.31. The summed E-state index contributed by atoms with van der Waals surface area (Å²) in [5.74, 6) is -1.10. The van der Waals surface area contributed by atoms with E-state index in [1.54, 1.807) is 0 Å². The smallest absolute Gasteiger partial charge is 0.250 e. The number of primary amides is 1. The van der Waals surface area contributed by atoms with Crippen LogP contribution in [-0.4, -0.2) is 11.9 Å². The van der Waals surface area contributed by atoms with E-state index in [0.717, 1.165) is 25.3 Å². The molecule has 1 aliphatic carbocycles. The van der Waals surface area contributed by atoms with Crippen LogP contribution < -0.4 is 16.8 Å². The van der Waals surface area contributed by atoms with E-state index < -0.39 is 11.7 Å². The van der Waals surface area contributed by atoms with Gasteiger partial charge >= 0.3 is 0 Å². The van der Waals surface area contributed by atoms with Crippen LogP contribution in [0.25, 0.3) is 0 Å². The van der Waals surface area contributed by atoms with Gasteiger partial charge in [-0.05, 0) is 30.4 Å². The van der Waals surface area contributed by atoms with Gasteiger partial charge in [-0.2, -0.15) is 0 Å². The van der Waals surface area contributed by atoms with Crippen LogP contribution in [0.1, 0.15) is 43.5 Å². The van der Waals surface area contributed by atoms with Crippen molar-refractivity contribution >= 4 is 17.3 Å². The highest BCUT2D eigenvalue weighted by Gasteiger charge is 2.34. The fraction of sp³-hybridized carbons (Fsp3) is 0.500. The van der Waals surface area contributed by atoms with Gasteiger partial charge < -0.3 is 16.8 Å². The van der Waals surface area contributed by atoms with Crippen LogP contribution in [0.5, 0.6) is 0 Å².